The van der Waals surface area contributed by atoms with E-state index in [0.717, 1.165) is 96.3 Å². The Balaban J connectivity index is 1.41. The summed E-state index contributed by atoms with van der Waals surface area (Å²) in [6, 6.07) is 17.6. The lowest BCUT2D eigenvalue weighted by Crippen LogP contribution is -2.18. The second-order valence-electron chi connectivity index (χ2n) is 16.5. The molecule has 3 rings (SSSR count). The van der Waals surface area contributed by atoms with Crippen LogP contribution >= 0.6 is 0 Å². The molecule has 0 heterocycles. The second-order valence-corrected chi connectivity index (χ2v) is 16.5. The van der Waals surface area contributed by atoms with Crippen LogP contribution in [-0.2, 0) is 23.8 Å². The smallest absolute Gasteiger partial charge is 0.344 e. The predicted octanol–water partition coefficient (Wildman–Crippen LogP) is 13.1. The van der Waals surface area contributed by atoms with Crippen LogP contribution in [0.2, 0.25) is 0 Å². The molecule has 0 fully saturated rings. The Hall–Kier alpha value is -5.91. The van der Waals surface area contributed by atoms with Crippen molar-refractivity contribution in [3.63, 3.8) is 0 Å². The molecular formula is C55H74O12. The minimum Gasteiger partial charge on any atom is -0.494 e. The maximum Gasteiger partial charge on any atom is 0.344 e. The number of rotatable bonds is 38. The van der Waals surface area contributed by atoms with Crippen molar-refractivity contribution >= 4 is 29.8 Å². The molecule has 0 aliphatic carbocycles. The van der Waals surface area contributed by atoms with Gasteiger partial charge in [0.25, 0.3) is 0 Å². The molecule has 0 atom stereocenters. The number of carbonyl (C=O) groups excluding carboxylic acids is 5. The summed E-state index contributed by atoms with van der Waals surface area (Å²) in [4.78, 5) is 62.3. The first-order valence-electron chi connectivity index (χ1n) is 24.5. The lowest BCUT2D eigenvalue weighted by Gasteiger charge is -2.12. The molecule has 3 aromatic carbocycles. The fourth-order valence-corrected chi connectivity index (χ4v) is 7.05. The van der Waals surface area contributed by atoms with Gasteiger partial charge in [0.2, 0.25) is 0 Å². The summed E-state index contributed by atoms with van der Waals surface area (Å²) in [5, 5.41) is 0. The van der Waals surface area contributed by atoms with Gasteiger partial charge in [-0.3, -0.25) is 0 Å². The molecule has 12 heteroatoms. The van der Waals surface area contributed by atoms with Crippen LogP contribution in [0.1, 0.15) is 179 Å². The number of esters is 5. The number of unbranched alkanes of at least 4 members (excludes halogenated alkanes) is 19. The average molecular weight is 927 g/mol. The SMILES string of the molecule is C=CC(=O)OCCCCCCCCCCCOc1ccc(OC(=O)c2ccc(C(=O)Oc3ccc(OCCCCCCCCCCCOC(=O)C=C)cc3)c(C(=O)OCCCCCC)c2)cc1. The maximum atomic E-state index is 13.5. The molecule has 3 aromatic rings. The van der Waals surface area contributed by atoms with Gasteiger partial charge in [-0.1, -0.05) is 129 Å². The van der Waals surface area contributed by atoms with E-state index in [0.29, 0.717) is 50.1 Å². The summed E-state index contributed by atoms with van der Waals surface area (Å²) >= 11 is 0. The molecule has 0 N–H and O–H groups in total. The minimum atomic E-state index is -0.773. The van der Waals surface area contributed by atoms with Gasteiger partial charge >= 0.3 is 29.8 Å². The van der Waals surface area contributed by atoms with Crippen LogP contribution < -0.4 is 18.9 Å². The van der Waals surface area contributed by atoms with Gasteiger partial charge in [0.1, 0.15) is 23.0 Å². The third-order valence-corrected chi connectivity index (χ3v) is 10.9. The summed E-state index contributed by atoms with van der Waals surface area (Å²) in [5.41, 5.74) is -0.0655. The maximum absolute atomic E-state index is 13.5. The zero-order valence-electron chi connectivity index (χ0n) is 39.9. The van der Waals surface area contributed by atoms with E-state index in [1.807, 2.05) is 0 Å². The molecule has 0 bridgehead atoms. The lowest BCUT2D eigenvalue weighted by molar-refractivity contribution is -0.138. The minimum absolute atomic E-state index is 0.0408. The van der Waals surface area contributed by atoms with Crippen molar-refractivity contribution in [1.82, 2.24) is 0 Å². The van der Waals surface area contributed by atoms with Gasteiger partial charge in [0, 0.05) is 12.2 Å². The van der Waals surface area contributed by atoms with Crippen LogP contribution in [0, 0.1) is 0 Å². The van der Waals surface area contributed by atoms with Crippen molar-refractivity contribution in [1.29, 1.82) is 0 Å². The monoisotopic (exact) mass is 927 g/mol. The van der Waals surface area contributed by atoms with Crippen LogP contribution in [0.5, 0.6) is 23.0 Å². The van der Waals surface area contributed by atoms with Crippen molar-refractivity contribution in [2.45, 2.75) is 148 Å². The zero-order chi connectivity index (χ0) is 48.2. The number of hydrogen-bond acceptors (Lipinski definition) is 12. The largest absolute Gasteiger partial charge is 0.494 e. The quantitative estimate of drug-likeness (QED) is 0.0177. The third kappa shape index (κ3) is 25.0. The first kappa shape index (κ1) is 55.4. The van der Waals surface area contributed by atoms with E-state index in [1.165, 1.54) is 68.9 Å². The molecule has 0 unspecified atom stereocenters. The molecule has 0 radical (unpaired) electrons. The van der Waals surface area contributed by atoms with E-state index in [2.05, 4.69) is 20.1 Å². The third-order valence-electron chi connectivity index (χ3n) is 10.9. The molecule has 0 spiro atoms. The van der Waals surface area contributed by atoms with Crippen LogP contribution in [-0.4, -0.2) is 62.9 Å². The Kier molecular flexibility index (Phi) is 29.2. The van der Waals surface area contributed by atoms with Gasteiger partial charge in [0.05, 0.1) is 49.7 Å². The highest BCUT2D eigenvalue weighted by molar-refractivity contribution is 6.06. The van der Waals surface area contributed by atoms with Gasteiger partial charge in [-0.25, -0.2) is 24.0 Å². The number of benzene rings is 3. The summed E-state index contributed by atoms with van der Waals surface area (Å²) in [6.07, 6.45) is 25.5. The molecule has 0 aliphatic rings. The standard InChI is InChI=1S/C55H74O12/c1-4-7-8-23-42-65-54(59)50-43-44(53(58)66-47-33-29-45(30-34-47)61-38-24-19-15-11-9-13-17-21-26-40-63-51(56)5-2)28-37-49(50)55(60)67-48-35-31-46(32-36-48)62-39-25-20-16-12-10-14-18-22-27-41-64-52(57)6-3/h5-6,28-37,43H,2-4,7-27,38-42H2,1H3. The fourth-order valence-electron chi connectivity index (χ4n) is 7.05. The Morgan fingerprint density at radius 2 is 0.746 bits per heavy atom. The first-order valence-corrected chi connectivity index (χ1v) is 24.5. The summed E-state index contributed by atoms with van der Waals surface area (Å²) in [6.45, 7) is 11.1. The number of ether oxygens (including phenoxy) is 7. The molecule has 12 nitrogen and oxygen atoms in total. The molecule has 0 amide bonds. The number of carbonyl (C=O) groups is 5. The summed E-state index contributed by atoms with van der Waals surface area (Å²) < 4.78 is 38.6. The van der Waals surface area contributed by atoms with Gasteiger partial charge in [-0.2, -0.15) is 0 Å². The fraction of sp³-hybridized carbons (Fsp3) is 0.509. The van der Waals surface area contributed by atoms with Gasteiger partial charge in [-0.15, -0.1) is 0 Å². The highest BCUT2D eigenvalue weighted by Crippen LogP contribution is 2.24. The van der Waals surface area contributed by atoms with Crippen molar-refractivity contribution in [3.05, 3.63) is 109 Å². The van der Waals surface area contributed by atoms with E-state index in [4.69, 9.17) is 33.2 Å². The van der Waals surface area contributed by atoms with Gasteiger partial charge < -0.3 is 33.2 Å². The summed E-state index contributed by atoms with van der Waals surface area (Å²) in [5.74, 6) is -1.06. The van der Waals surface area contributed by atoms with E-state index in [-0.39, 0.29) is 41.0 Å². The number of hydrogen-bond donors (Lipinski definition) is 0. The zero-order valence-corrected chi connectivity index (χ0v) is 39.9. The summed E-state index contributed by atoms with van der Waals surface area (Å²) in [7, 11) is 0. The first-order chi connectivity index (χ1) is 32.7. The van der Waals surface area contributed by atoms with Crippen LogP contribution in [0.4, 0.5) is 0 Å². The van der Waals surface area contributed by atoms with Gasteiger partial charge in [-0.05, 0) is 98.8 Å². The Labute approximate surface area is 398 Å². The molecule has 0 saturated heterocycles. The molecular weight excluding hydrogens is 853 g/mol. The van der Waals surface area contributed by atoms with Gasteiger partial charge in [0.15, 0.2) is 0 Å². The van der Waals surface area contributed by atoms with E-state index < -0.39 is 17.9 Å². The molecule has 67 heavy (non-hydrogen) atoms. The molecule has 0 aliphatic heterocycles. The van der Waals surface area contributed by atoms with E-state index >= 15 is 0 Å². The Morgan fingerprint density at radius 1 is 0.388 bits per heavy atom. The highest BCUT2D eigenvalue weighted by atomic mass is 16.6. The van der Waals surface area contributed by atoms with Crippen molar-refractivity contribution < 1.29 is 57.1 Å². The lowest BCUT2D eigenvalue weighted by atomic mass is 10.0. The second kappa shape index (κ2) is 35.3. The van der Waals surface area contributed by atoms with Crippen LogP contribution in [0.15, 0.2) is 92.0 Å². The normalized spacial score (nSPS) is 10.7. The van der Waals surface area contributed by atoms with Crippen molar-refractivity contribution in [2.24, 2.45) is 0 Å². The Morgan fingerprint density at radius 3 is 1.16 bits per heavy atom. The highest BCUT2D eigenvalue weighted by Gasteiger charge is 2.23. The molecule has 0 aromatic heterocycles. The predicted molar refractivity (Wildman–Crippen MR) is 260 cm³/mol. The van der Waals surface area contributed by atoms with Crippen molar-refractivity contribution in [2.75, 3.05) is 33.0 Å². The topological polar surface area (TPSA) is 150 Å². The molecule has 0 saturated carbocycles. The van der Waals surface area contributed by atoms with E-state index in [1.54, 1.807) is 48.5 Å². The van der Waals surface area contributed by atoms with E-state index in [9.17, 15) is 24.0 Å². The van der Waals surface area contributed by atoms with Crippen LogP contribution in [0.3, 0.4) is 0 Å². The Bertz CT molecular complexity index is 1900. The average Bonchev–Trinajstić information content (AvgIpc) is 3.34. The molecule has 366 valence electrons. The van der Waals surface area contributed by atoms with Crippen LogP contribution in [0.25, 0.3) is 0 Å². The van der Waals surface area contributed by atoms with Crippen molar-refractivity contribution in [3.8, 4) is 23.0 Å².